The lowest BCUT2D eigenvalue weighted by atomic mass is 10.1. The Bertz CT molecular complexity index is 437. The summed E-state index contributed by atoms with van der Waals surface area (Å²) in [5.41, 5.74) is 1.15. The van der Waals surface area contributed by atoms with E-state index in [9.17, 15) is 0 Å². The number of benzene rings is 1. The van der Waals surface area contributed by atoms with Crippen LogP contribution in [0.3, 0.4) is 0 Å². The average molecular weight is 236 g/mol. The van der Waals surface area contributed by atoms with Gasteiger partial charge in [0, 0.05) is 21.7 Å². The van der Waals surface area contributed by atoms with Gasteiger partial charge in [-0.05, 0) is 30.0 Å². The Hall–Kier alpha value is -0.890. The van der Waals surface area contributed by atoms with Crippen molar-refractivity contribution in [3.05, 3.63) is 40.6 Å². The number of rotatable bonds is 1. The first kappa shape index (κ1) is 8.70. The highest BCUT2D eigenvalue weighted by Gasteiger charge is 1.96. The van der Waals surface area contributed by atoms with Crippen LogP contribution in [0.5, 0.6) is 0 Å². The van der Waals surface area contributed by atoms with Gasteiger partial charge in [0.25, 0.3) is 0 Å². The maximum atomic E-state index is 4.35. The largest absolute Gasteiger partial charge is 0.261 e. The molecule has 0 bridgehead atoms. The van der Waals surface area contributed by atoms with E-state index >= 15 is 0 Å². The van der Waals surface area contributed by atoms with E-state index in [-0.39, 0.29) is 0 Å². The fraction of sp³-hybridized carbons (Fsp3) is 0.182. The van der Waals surface area contributed by atoms with E-state index in [1.54, 1.807) is 0 Å². The molecule has 0 radical (unpaired) electrons. The van der Waals surface area contributed by atoms with E-state index in [0.29, 0.717) is 0 Å². The normalized spacial score (nSPS) is 10.6. The third-order valence-corrected chi connectivity index (χ3v) is 2.60. The number of hydrogen-bond acceptors (Lipinski definition) is 1. The minimum atomic E-state index is 0.992. The summed E-state index contributed by atoms with van der Waals surface area (Å²) < 4.78 is 1.10. The van der Waals surface area contributed by atoms with Gasteiger partial charge in [0.05, 0.1) is 0 Å². The van der Waals surface area contributed by atoms with Crippen LogP contribution in [-0.2, 0) is 6.42 Å². The van der Waals surface area contributed by atoms with E-state index in [1.165, 1.54) is 10.8 Å². The fourth-order valence-corrected chi connectivity index (χ4v) is 1.73. The molecule has 1 aromatic carbocycles. The number of pyridine rings is 1. The number of aryl methyl sites for hydroxylation is 1. The summed E-state index contributed by atoms with van der Waals surface area (Å²) in [4.78, 5) is 4.35. The minimum absolute atomic E-state index is 0.992. The first-order valence-electron chi connectivity index (χ1n) is 4.34. The highest BCUT2D eigenvalue weighted by atomic mass is 79.9. The number of aromatic nitrogens is 1. The molecule has 2 aromatic rings. The van der Waals surface area contributed by atoms with Crippen molar-refractivity contribution < 1.29 is 0 Å². The second-order valence-electron chi connectivity index (χ2n) is 3.02. The molecule has 66 valence electrons. The maximum Gasteiger partial charge on any atom is 0.0407 e. The molecule has 0 aliphatic heterocycles. The molecule has 0 saturated heterocycles. The van der Waals surface area contributed by atoms with Crippen LogP contribution in [0.25, 0.3) is 10.8 Å². The number of nitrogens with zero attached hydrogens (tertiary/aromatic N) is 1. The van der Waals surface area contributed by atoms with Gasteiger partial charge in [0.15, 0.2) is 0 Å². The Balaban J connectivity index is 2.66. The van der Waals surface area contributed by atoms with Gasteiger partial charge in [-0.3, -0.25) is 4.98 Å². The van der Waals surface area contributed by atoms with E-state index in [1.807, 2.05) is 6.20 Å². The molecule has 0 aliphatic carbocycles. The third kappa shape index (κ3) is 1.73. The van der Waals surface area contributed by atoms with Crippen LogP contribution in [0.1, 0.15) is 12.6 Å². The van der Waals surface area contributed by atoms with E-state index in [4.69, 9.17) is 0 Å². The molecule has 0 atom stereocenters. The molecule has 0 aliphatic rings. The summed E-state index contributed by atoms with van der Waals surface area (Å²) in [5.74, 6) is 0. The molecule has 1 heterocycles. The van der Waals surface area contributed by atoms with E-state index in [0.717, 1.165) is 16.6 Å². The molecule has 1 aromatic heterocycles. The smallest absolute Gasteiger partial charge is 0.0407 e. The van der Waals surface area contributed by atoms with Crippen molar-refractivity contribution in [2.24, 2.45) is 0 Å². The summed E-state index contributed by atoms with van der Waals surface area (Å²) in [6, 6.07) is 8.39. The van der Waals surface area contributed by atoms with Gasteiger partial charge in [0.2, 0.25) is 0 Å². The standard InChI is InChI=1S/C11H10BrN/c1-2-11-6-8-3-4-10(12)5-9(8)7-13-11/h3-7H,2H2,1H3. The molecule has 13 heavy (non-hydrogen) atoms. The molecular formula is C11H10BrN. The zero-order valence-electron chi connectivity index (χ0n) is 7.42. The average Bonchev–Trinajstić information content (AvgIpc) is 2.17. The Morgan fingerprint density at radius 2 is 2.08 bits per heavy atom. The van der Waals surface area contributed by atoms with Gasteiger partial charge in [-0.25, -0.2) is 0 Å². The zero-order valence-corrected chi connectivity index (χ0v) is 9.01. The molecule has 0 saturated carbocycles. The van der Waals surface area contributed by atoms with Crippen molar-refractivity contribution in [2.75, 3.05) is 0 Å². The quantitative estimate of drug-likeness (QED) is 0.737. The molecular weight excluding hydrogens is 226 g/mol. The molecule has 1 nitrogen and oxygen atoms in total. The predicted molar refractivity (Wildman–Crippen MR) is 58.8 cm³/mol. The second kappa shape index (κ2) is 3.46. The van der Waals surface area contributed by atoms with Crippen LogP contribution < -0.4 is 0 Å². The molecule has 2 rings (SSSR count). The second-order valence-corrected chi connectivity index (χ2v) is 3.94. The summed E-state index contributed by atoms with van der Waals surface area (Å²) in [7, 11) is 0. The molecule has 0 spiro atoms. The molecule has 0 unspecified atom stereocenters. The lowest BCUT2D eigenvalue weighted by Crippen LogP contribution is -1.85. The lowest BCUT2D eigenvalue weighted by molar-refractivity contribution is 1.05. The lowest BCUT2D eigenvalue weighted by Gasteiger charge is -2.00. The van der Waals surface area contributed by atoms with Crippen molar-refractivity contribution in [1.82, 2.24) is 4.98 Å². The monoisotopic (exact) mass is 235 g/mol. The van der Waals surface area contributed by atoms with Crippen LogP contribution in [0.15, 0.2) is 34.9 Å². The van der Waals surface area contributed by atoms with Crippen molar-refractivity contribution >= 4 is 26.7 Å². The third-order valence-electron chi connectivity index (χ3n) is 2.10. The Morgan fingerprint density at radius 3 is 2.85 bits per heavy atom. The van der Waals surface area contributed by atoms with Crippen molar-refractivity contribution in [3.63, 3.8) is 0 Å². The fourth-order valence-electron chi connectivity index (χ4n) is 1.35. The number of hydrogen-bond donors (Lipinski definition) is 0. The van der Waals surface area contributed by atoms with Crippen LogP contribution in [0.4, 0.5) is 0 Å². The highest BCUT2D eigenvalue weighted by molar-refractivity contribution is 9.10. The molecule has 0 N–H and O–H groups in total. The number of fused-ring (bicyclic) bond motifs is 1. The SMILES string of the molecule is CCc1cc2ccc(Br)cc2cn1. The topological polar surface area (TPSA) is 12.9 Å². The van der Waals surface area contributed by atoms with Gasteiger partial charge in [0.1, 0.15) is 0 Å². The predicted octanol–water partition coefficient (Wildman–Crippen LogP) is 3.56. The van der Waals surface area contributed by atoms with Crippen LogP contribution in [0, 0.1) is 0 Å². The Labute approximate surface area is 85.9 Å². The van der Waals surface area contributed by atoms with Gasteiger partial charge in [-0.15, -0.1) is 0 Å². The van der Waals surface area contributed by atoms with Crippen molar-refractivity contribution in [1.29, 1.82) is 0 Å². The molecule has 2 heteroatoms. The van der Waals surface area contributed by atoms with Crippen molar-refractivity contribution in [3.8, 4) is 0 Å². The summed E-state index contributed by atoms with van der Waals surface area (Å²) in [6.07, 6.45) is 2.92. The van der Waals surface area contributed by atoms with E-state index in [2.05, 4.69) is 52.1 Å². The van der Waals surface area contributed by atoms with Gasteiger partial charge < -0.3 is 0 Å². The van der Waals surface area contributed by atoms with E-state index < -0.39 is 0 Å². The van der Waals surface area contributed by atoms with Gasteiger partial charge >= 0.3 is 0 Å². The van der Waals surface area contributed by atoms with Gasteiger partial charge in [-0.2, -0.15) is 0 Å². The summed E-state index contributed by atoms with van der Waals surface area (Å²) in [5, 5.41) is 2.45. The first-order valence-corrected chi connectivity index (χ1v) is 5.13. The first-order chi connectivity index (χ1) is 6.29. The summed E-state index contributed by atoms with van der Waals surface area (Å²) in [6.45, 7) is 2.12. The Kier molecular flexibility index (Phi) is 2.32. The Morgan fingerprint density at radius 1 is 1.23 bits per heavy atom. The molecule has 0 fully saturated rings. The van der Waals surface area contributed by atoms with Crippen LogP contribution >= 0.6 is 15.9 Å². The summed E-state index contributed by atoms with van der Waals surface area (Å²) >= 11 is 3.44. The van der Waals surface area contributed by atoms with Crippen LogP contribution in [-0.4, -0.2) is 4.98 Å². The zero-order chi connectivity index (χ0) is 9.26. The number of halogens is 1. The molecule has 0 amide bonds. The highest BCUT2D eigenvalue weighted by Crippen LogP contribution is 2.19. The maximum absolute atomic E-state index is 4.35. The van der Waals surface area contributed by atoms with Crippen molar-refractivity contribution in [2.45, 2.75) is 13.3 Å². The minimum Gasteiger partial charge on any atom is -0.261 e. The van der Waals surface area contributed by atoms with Gasteiger partial charge in [-0.1, -0.05) is 28.9 Å². The van der Waals surface area contributed by atoms with Crippen LogP contribution in [0.2, 0.25) is 0 Å².